The zero-order valence-corrected chi connectivity index (χ0v) is 39.5. The summed E-state index contributed by atoms with van der Waals surface area (Å²) in [5.41, 5.74) is 0. The van der Waals surface area contributed by atoms with Crippen LogP contribution in [-0.2, 0) is 14.3 Å². The topological polar surface area (TPSA) is 95.9 Å². The van der Waals surface area contributed by atoms with Gasteiger partial charge in [0.15, 0.2) is 0 Å². The summed E-state index contributed by atoms with van der Waals surface area (Å²) in [4.78, 5) is 24.4. The molecule has 0 saturated carbocycles. The first kappa shape index (κ1) is 57.3. The second kappa shape index (κ2) is 49.0. The van der Waals surface area contributed by atoms with Crippen LogP contribution in [0.4, 0.5) is 0 Å². The van der Waals surface area contributed by atoms with Crippen LogP contribution in [0, 0.1) is 0 Å². The molecule has 0 aliphatic heterocycles. The molecule has 0 heterocycles. The molecule has 0 aromatic carbocycles. The standard InChI is InChI=1S/C53H101NO5/c1-3-5-7-9-11-13-15-16-17-18-19-20-21-22-26-29-33-37-41-45-51(56)50(49-55)54-52(57)46-42-38-34-30-27-23-24-28-32-36-40-44-48-59-53(58)47-43-39-35-31-25-14-12-10-8-6-4-2/h24,28,41,45,50-51,55-56H,3-23,25-27,29-40,42-44,46-49H2,1-2H3,(H,54,57)/b28-24-,45-41+. The van der Waals surface area contributed by atoms with Crippen LogP contribution in [-0.4, -0.2) is 47.4 Å². The second-order valence-electron chi connectivity index (χ2n) is 17.9. The Kier molecular flexibility index (Phi) is 47.6. The van der Waals surface area contributed by atoms with Crippen LogP contribution in [0.25, 0.3) is 0 Å². The molecule has 0 aliphatic rings. The average Bonchev–Trinajstić information content (AvgIpc) is 3.24. The lowest BCUT2D eigenvalue weighted by Gasteiger charge is -2.20. The molecule has 0 fully saturated rings. The summed E-state index contributed by atoms with van der Waals surface area (Å²) in [6.07, 6.45) is 57.5. The molecule has 3 N–H and O–H groups in total. The number of allylic oxidation sites excluding steroid dienone is 3. The van der Waals surface area contributed by atoms with Crippen molar-refractivity contribution in [1.82, 2.24) is 5.32 Å². The number of esters is 1. The lowest BCUT2D eigenvalue weighted by molar-refractivity contribution is -0.143. The zero-order valence-electron chi connectivity index (χ0n) is 39.5. The molecule has 0 spiro atoms. The molecule has 0 bridgehead atoms. The van der Waals surface area contributed by atoms with Gasteiger partial charge in [0.2, 0.25) is 5.91 Å². The number of carbonyl (C=O) groups is 2. The number of hydrogen-bond donors (Lipinski definition) is 3. The molecular weight excluding hydrogens is 731 g/mol. The fourth-order valence-electron chi connectivity index (χ4n) is 7.92. The number of aliphatic hydroxyl groups is 2. The maximum absolute atomic E-state index is 12.4. The molecule has 0 aliphatic carbocycles. The molecule has 6 nitrogen and oxygen atoms in total. The quantitative estimate of drug-likeness (QED) is 0.0322. The Morgan fingerprint density at radius 3 is 1.20 bits per heavy atom. The molecule has 2 unspecified atom stereocenters. The summed E-state index contributed by atoms with van der Waals surface area (Å²) in [7, 11) is 0. The molecule has 6 heteroatoms. The maximum atomic E-state index is 12.4. The van der Waals surface area contributed by atoms with Crippen LogP contribution in [0.1, 0.15) is 277 Å². The van der Waals surface area contributed by atoms with Crippen molar-refractivity contribution >= 4 is 11.9 Å². The van der Waals surface area contributed by atoms with Crippen LogP contribution >= 0.6 is 0 Å². The van der Waals surface area contributed by atoms with Crippen LogP contribution in [0.5, 0.6) is 0 Å². The molecule has 0 radical (unpaired) electrons. The van der Waals surface area contributed by atoms with Gasteiger partial charge in [-0.1, -0.05) is 224 Å². The summed E-state index contributed by atoms with van der Waals surface area (Å²) in [6.45, 7) is 4.84. The molecule has 0 saturated heterocycles. The highest BCUT2D eigenvalue weighted by Gasteiger charge is 2.18. The van der Waals surface area contributed by atoms with Crippen molar-refractivity contribution in [2.45, 2.75) is 289 Å². The molecule has 348 valence electrons. The largest absolute Gasteiger partial charge is 0.466 e. The third kappa shape index (κ3) is 45.7. The molecule has 0 aromatic heterocycles. The molecule has 59 heavy (non-hydrogen) atoms. The number of unbranched alkanes of at least 4 members (excludes halogenated alkanes) is 35. The van der Waals surface area contributed by atoms with E-state index in [4.69, 9.17) is 4.74 Å². The van der Waals surface area contributed by atoms with Gasteiger partial charge < -0.3 is 20.3 Å². The number of carbonyl (C=O) groups excluding carboxylic acids is 2. The number of rotatable bonds is 48. The Labute approximate surface area is 367 Å². The van der Waals surface area contributed by atoms with E-state index in [-0.39, 0.29) is 18.5 Å². The van der Waals surface area contributed by atoms with E-state index in [0.29, 0.717) is 19.4 Å². The van der Waals surface area contributed by atoms with E-state index >= 15 is 0 Å². The van der Waals surface area contributed by atoms with Gasteiger partial charge >= 0.3 is 5.97 Å². The average molecular weight is 832 g/mol. The van der Waals surface area contributed by atoms with Crippen molar-refractivity contribution in [3.05, 3.63) is 24.3 Å². The third-order valence-corrected chi connectivity index (χ3v) is 12.0. The monoisotopic (exact) mass is 832 g/mol. The van der Waals surface area contributed by atoms with Crippen molar-refractivity contribution in [3.63, 3.8) is 0 Å². The predicted octanol–water partition coefficient (Wildman–Crippen LogP) is 15.5. The van der Waals surface area contributed by atoms with Crippen molar-refractivity contribution in [1.29, 1.82) is 0 Å². The van der Waals surface area contributed by atoms with Gasteiger partial charge in [0.1, 0.15) is 0 Å². The van der Waals surface area contributed by atoms with E-state index in [1.165, 1.54) is 173 Å². The van der Waals surface area contributed by atoms with E-state index in [9.17, 15) is 19.8 Å². The van der Waals surface area contributed by atoms with Gasteiger partial charge in [-0.05, 0) is 64.2 Å². The maximum Gasteiger partial charge on any atom is 0.305 e. The summed E-state index contributed by atoms with van der Waals surface area (Å²) in [5.74, 6) is -0.117. The Hall–Kier alpha value is -1.66. The third-order valence-electron chi connectivity index (χ3n) is 12.0. The lowest BCUT2D eigenvalue weighted by Crippen LogP contribution is -2.45. The lowest BCUT2D eigenvalue weighted by atomic mass is 10.0. The highest BCUT2D eigenvalue weighted by atomic mass is 16.5. The van der Waals surface area contributed by atoms with Crippen LogP contribution < -0.4 is 5.32 Å². The highest BCUT2D eigenvalue weighted by Crippen LogP contribution is 2.16. The van der Waals surface area contributed by atoms with Gasteiger partial charge in [-0.3, -0.25) is 9.59 Å². The highest BCUT2D eigenvalue weighted by molar-refractivity contribution is 5.76. The van der Waals surface area contributed by atoms with E-state index in [2.05, 4.69) is 31.3 Å². The van der Waals surface area contributed by atoms with Gasteiger partial charge in [0, 0.05) is 12.8 Å². The fourth-order valence-corrected chi connectivity index (χ4v) is 7.92. The van der Waals surface area contributed by atoms with Crippen LogP contribution in [0.2, 0.25) is 0 Å². The second-order valence-corrected chi connectivity index (χ2v) is 17.9. The summed E-state index contributed by atoms with van der Waals surface area (Å²) >= 11 is 0. The minimum absolute atomic E-state index is 0.0247. The Morgan fingerprint density at radius 2 is 0.797 bits per heavy atom. The number of ether oxygens (including phenoxy) is 1. The van der Waals surface area contributed by atoms with Crippen molar-refractivity contribution in [2.75, 3.05) is 13.2 Å². The van der Waals surface area contributed by atoms with Gasteiger partial charge in [0.25, 0.3) is 0 Å². The van der Waals surface area contributed by atoms with E-state index in [1.54, 1.807) is 6.08 Å². The first-order valence-electron chi connectivity index (χ1n) is 26.1. The predicted molar refractivity (Wildman–Crippen MR) is 255 cm³/mol. The fraction of sp³-hybridized carbons (Fsp3) is 0.887. The number of aliphatic hydroxyl groups excluding tert-OH is 2. The van der Waals surface area contributed by atoms with Gasteiger partial charge in [-0.2, -0.15) is 0 Å². The minimum Gasteiger partial charge on any atom is -0.466 e. The van der Waals surface area contributed by atoms with Gasteiger partial charge in [-0.25, -0.2) is 0 Å². The number of amides is 1. The van der Waals surface area contributed by atoms with Crippen molar-refractivity contribution in [2.24, 2.45) is 0 Å². The normalized spacial score (nSPS) is 12.8. The summed E-state index contributed by atoms with van der Waals surface area (Å²) in [6, 6.07) is -0.646. The van der Waals surface area contributed by atoms with Crippen molar-refractivity contribution in [3.8, 4) is 0 Å². The first-order valence-corrected chi connectivity index (χ1v) is 26.1. The molecule has 0 aromatic rings. The smallest absolute Gasteiger partial charge is 0.305 e. The van der Waals surface area contributed by atoms with E-state index in [1.807, 2.05) is 6.08 Å². The summed E-state index contributed by atoms with van der Waals surface area (Å²) < 4.78 is 5.43. The Balaban J connectivity index is 3.55. The first-order chi connectivity index (χ1) is 29.0. The van der Waals surface area contributed by atoms with E-state index in [0.717, 1.165) is 77.0 Å². The molecular formula is C53H101NO5. The van der Waals surface area contributed by atoms with Gasteiger partial charge in [0.05, 0.1) is 25.4 Å². The number of hydrogen-bond acceptors (Lipinski definition) is 5. The minimum atomic E-state index is -0.860. The Morgan fingerprint density at radius 1 is 0.458 bits per heavy atom. The van der Waals surface area contributed by atoms with Gasteiger partial charge in [-0.15, -0.1) is 0 Å². The molecule has 0 rings (SSSR count). The van der Waals surface area contributed by atoms with Crippen LogP contribution in [0.3, 0.4) is 0 Å². The summed E-state index contributed by atoms with van der Waals surface area (Å²) in [5, 5.41) is 23.1. The zero-order chi connectivity index (χ0) is 43.0. The van der Waals surface area contributed by atoms with Crippen molar-refractivity contribution < 1.29 is 24.5 Å². The van der Waals surface area contributed by atoms with Crippen LogP contribution in [0.15, 0.2) is 24.3 Å². The Bertz CT molecular complexity index is 920. The number of nitrogens with one attached hydrogen (secondary N) is 1. The molecule has 1 amide bonds. The van der Waals surface area contributed by atoms with E-state index < -0.39 is 12.1 Å². The molecule has 2 atom stereocenters. The SMILES string of the molecule is CCCCCCCCCCCCCCCCCCC/C=C/C(O)C(CO)NC(=O)CCCCCCC/C=C\CCCCCOC(=O)CCCCCCCCCCCCC.